The van der Waals surface area contributed by atoms with Crippen molar-refractivity contribution in [3.8, 4) is 33.4 Å². The van der Waals surface area contributed by atoms with Crippen LogP contribution in [0, 0.1) is 0 Å². The van der Waals surface area contributed by atoms with Gasteiger partial charge in [0.25, 0.3) is 0 Å². The van der Waals surface area contributed by atoms with Gasteiger partial charge in [0, 0.05) is 44.5 Å². The Labute approximate surface area is 283 Å². The van der Waals surface area contributed by atoms with Gasteiger partial charge in [-0.05, 0) is 82.9 Å². The molecule has 9 rings (SSSR count). The van der Waals surface area contributed by atoms with Gasteiger partial charge in [0.2, 0.25) is 0 Å². The Hall–Kier alpha value is -6.72. The molecule has 0 aliphatic carbocycles. The normalized spacial score (nSPS) is 12.2. The van der Waals surface area contributed by atoms with E-state index >= 15 is 0 Å². The van der Waals surface area contributed by atoms with E-state index in [-0.39, 0.29) is 0 Å². The molecule has 232 valence electrons. The molecule has 0 radical (unpaired) electrons. The molecule has 0 amide bonds. The molecule has 0 fully saturated rings. The molecule has 5 heterocycles. The Bertz CT molecular complexity index is 2570. The number of nitrogens with zero attached hydrogens (tertiary/aromatic N) is 2. The van der Waals surface area contributed by atoms with Gasteiger partial charge in [-0.15, -0.1) is 0 Å². The van der Waals surface area contributed by atoms with Crippen molar-refractivity contribution in [1.29, 1.82) is 0 Å². The minimum absolute atomic E-state index is 0.716. The van der Waals surface area contributed by atoms with Crippen LogP contribution in [0.3, 0.4) is 0 Å². The smallest absolute Gasteiger partial charge is 0.0815 e. The van der Waals surface area contributed by atoms with Gasteiger partial charge >= 0.3 is 0 Å². The molecule has 4 N–H and O–H groups in total. The van der Waals surface area contributed by atoms with Crippen molar-refractivity contribution in [2.24, 2.45) is 0 Å². The zero-order valence-electron chi connectivity index (χ0n) is 26.6. The minimum atomic E-state index is 0.716. The highest BCUT2D eigenvalue weighted by Crippen LogP contribution is 2.45. The number of nitrogens with one attached hydrogen (secondary N) is 2. The number of aromatic amines is 2. The Morgan fingerprint density at radius 3 is 1.65 bits per heavy atom. The van der Waals surface area contributed by atoms with Crippen LogP contribution in [-0.4, -0.2) is 19.9 Å². The summed E-state index contributed by atoms with van der Waals surface area (Å²) < 4.78 is 0. The number of nitrogen functional groups attached to an aromatic ring is 1. The average Bonchev–Trinajstić information content (AvgIpc) is 3.94. The van der Waals surface area contributed by atoms with Gasteiger partial charge in [0.05, 0.1) is 28.3 Å². The van der Waals surface area contributed by atoms with Crippen LogP contribution >= 0.6 is 0 Å². The Morgan fingerprint density at radius 1 is 0.449 bits per heavy atom. The molecule has 0 unspecified atom stereocenters. The van der Waals surface area contributed by atoms with Crippen LogP contribution in [0.1, 0.15) is 28.3 Å². The topological polar surface area (TPSA) is 83.4 Å². The largest absolute Gasteiger partial charge is 0.399 e. The van der Waals surface area contributed by atoms with E-state index in [1.807, 2.05) is 18.2 Å². The van der Waals surface area contributed by atoms with Crippen LogP contribution in [0.15, 0.2) is 146 Å². The maximum Gasteiger partial charge on any atom is 0.0815 e. The lowest BCUT2D eigenvalue weighted by molar-refractivity contribution is 1.30. The number of nitrogens with two attached hydrogens (primary N) is 1. The van der Waals surface area contributed by atoms with Crippen LogP contribution < -0.4 is 5.73 Å². The highest BCUT2D eigenvalue weighted by atomic mass is 14.8. The number of rotatable bonds is 4. The van der Waals surface area contributed by atoms with Crippen molar-refractivity contribution in [1.82, 2.24) is 19.9 Å². The predicted octanol–water partition coefficient (Wildman–Crippen LogP) is 10.7. The van der Waals surface area contributed by atoms with Crippen LogP contribution in [0.4, 0.5) is 5.69 Å². The fourth-order valence-corrected chi connectivity index (χ4v) is 6.82. The van der Waals surface area contributed by atoms with Gasteiger partial charge in [-0.25, -0.2) is 9.97 Å². The zero-order chi connectivity index (χ0) is 32.7. The van der Waals surface area contributed by atoms with Crippen molar-refractivity contribution in [2.75, 3.05) is 5.73 Å². The van der Waals surface area contributed by atoms with Crippen molar-refractivity contribution in [3.63, 3.8) is 0 Å². The molecule has 5 heteroatoms. The molecule has 8 bridgehead atoms. The first kappa shape index (κ1) is 28.5. The van der Waals surface area contributed by atoms with Crippen molar-refractivity contribution >= 4 is 51.6 Å². The highest BCUT2D eigenvalue weighted by Gasteiger charge is 2.24. The molecule has 0 saturated heterocycles. The number of hydrogen-bond acceptors (Lipinski definition) is 3. The first-order chi connectivity index (χ1) is 24.2. The lowest BCUT2D eigenvalue weighted by Crippen LogP contribution is -1.93. The summed E-state index contributed by atoms with van der Waals surface area (Å²) in [4.78, 5) is 17.9. The van der Waals surface area contributed by atoms with E-state index in [0.717, 1.165) is 89.4 Å². The van der Waals surface area contributed by atoms with Crippen LogP contribution in [0.2, 0.25) is 0 Å². The van der Waals surface area contributed by atoms with Crippen molar-refractivity contribution < 1.29 is 0 Å². The van der Waals surface area contributed by atoms with Gasteiger partial charge in [0.1, 0.15) is 0 Å². The summed E-state index contributed by atoms with van der Waals surface area (Å²) in [6.07, 6.45) is 6.31. The SMILES string of the molecule is Nc1ccc(-c2c(-c3ccccc3)c3cc4nc(cc5ccc(cc6nc(c(-c7ccccc7)c2[nH]3)C(c2ccccc2)=C6)[nH]5)C=C4)cc1. The summed E-state index contributed by atoms with van der Waals surface area (Å²) in [5.74, 6) is 0. The van der Waals surface area contributed by atoms with Gasteiger partial charge in [0.15, 0.2) is 0 Å². The molecule has 5 nitrogen and oxygen atoms in total. The maximum atomic E-state index is 6.25. The Morgan fingerprint density at radius 2 is 1.00 bits per heavy atom. The van der Waals surface area contributed by atoms with Gasteiger partial charge < -0.3 is 15.7 Å². The number of anilines is 1. The molecule has 3 aromatic heterocycles. The van der Waals surface area contributed by atoms with Crippen LogP contribution in [0.25, 0.3) is 79.2 Å². The van der Waals surface area contributed by atoms with Gasteiger partial charge in [-0.3, -0.25) is 0 Å². The van der Waals surface area contributed by atoms with E-state index in [4.69, 9.17) is 15.7 Å². The molecule has 2 aliphatic rings. The number of fused-ring (bicyclic) bond motifs is 8. The monoisotopic (exact) mass is 629 g/mol. The Kier molecular flexibility index (Phi) is 6.87. The molecule has 7 aromatic rings. The third-order valence-corrected chi connectivity index (χ3v) is 9.03. The van der Waals surface area contributed by atoms with Crippen molar-refractivity contribution in [3.05, 3.63) is 174 Å². The highest BCUT2D eigenvalue weighted by molar-refractivity contribution is 6.10. The molecule has 0 saturated carbocycles. The second kappa shape index (κ2) is 11.8. The van der Waals surface area contributed by atoms with Crippen molar-refractivity contribution in [2.45, 2.75) is 0 Å². The summed E-state index contributed by atoms with van der Waals surface area (Å²) in [5.41, 5.74) is 22.9. The molecule has 49 heavy (non-hydrogen) atoms. The van der Waals surface area contributed by atoms with E-state index in [9.17, 15) is 0 Å². The summed E-state index contributed by atoms with van der Waals surface area (Å²) in [6.45, 7) is 0. The first-order valence-electron chi connectivity index (χ1n) is 16.4. The lowest BCUT2D eigenvalue weighted by atomic mass is 9.91. The average molecular weight is 630 g/mol. The molecular formula is C44H31N5. The van der Waals surface area contributed by atoms with Gasteiger partial charge in [-0.2, -0.15) is 0 Å². The summed E-state index contributed by atoms with van der Waals surface area (Å²) >= 11 is 0. The van der Waals surface area contributed by atoms with Gasteiger partial charge in [-0.1, -0.05) is 103 Å². The van der Waals surface area contributed by atoms with Crippen LogP contribution in [-0.2, 0) is 0 Å². The molecule has 0 atom stereocenters. The van der Waals surface area contributed by atoms with E-state index < -0.39 is 0 Å². The first-order valence-corrected chi connectivity index (χ1v) is 16.4. The number of aromatic nitrogens is 4. The van der Waals surface area contributed by atoms with E-state index in [1.54, 1.807) is 0 Å². The molecular weight excluding hydrogens is 599 g/mol. The lowest BCUT2D eigenvalue weighted by Gasteiger charge is -2.12. The predicted molar refractivity (Wildman–Crippen MR) is 204 cm³/mol. The van der Waals surface area contributed by atoms with E-state index in [0.29, 0.717) is 5.69 Å². The second-order valence-corrected chi connectivity index (χ2v) is 12.3. The summed E-state index contributed by atoms with van der Waals surface area (Å²) in [7, 11) is 0. The fourth-order valence-electron chi connectivity index (χ4n) is 6.82. The maximum absolute atomic E-state index is 6.25. The quantitative estimate of drug-likeness (QED) is 0.169. The second-order valence-electron chi connectivity index (χ2n) is 12.3. The zero-order valence-corrected chi connectivity index (χ0v) is 26.6. The molecule has 2 aliphatic heterocycles. The van der Waals surface area contributed by atoms with E-state index in [2.05, 4.69) is 156 Å². The third kappa shape index (κ3) is 5.33. The number of hydrogen-bond donors (Lipinski definition) is 3. The molecule has 4 aromatic carbocycles. The molecule has 0 spiro atoms. The summed E-state index contributed by atoms with van der Waals surface area (Å²) in [6, 6.07) is 50.3. The van der Waals surface area contributed by atoms with E-state index in [1.165, 1.54) is 0 Å². The van der Waals surface area contributed by atoms with Crippen LogP contribution in [0.5, 0.6) is 0 Å². The Balaban J connectivity index is 1.54. The number of benzene rings is 4. The minimum Gasteiger partial charge on any atom is -0.399 e. The number of H-pyrrole nitrogens is 2. The fraction of sp³-hybridized carbons (Fsp3) is 0. The third-order valence-electron chi connectivity index (χ3n) is 9.03. The summed E-state index contributed by atoms with van der Waals surface area (Å²) in [5, 5.41) is 0. The standard InChI is InChI=1S/C44H31N5/c45-32-18-16-31(17-19-32)41-40(29-12-6-2-7-13-29)39-27-36-23-22-34(47-36)24-33-20-21-35(46-33)25-37-26-38(28-10-4-1-5-11-28)43(48-37)42(44(41)49-39)30-14-8-3-9-15-30/h1-27,46,49H,45H2.